The van der Waals surface area contributed by atoms with Gasteiger partial charge in [0.1, 0.15) is 29.8 Å². The standard InChI is InChI=1S/C17H17Cl2N3O7/c1-7(23)26-5-11-13(27-8(2)24)14(28-9(3)25)17(29-11)22-4-10(18)12-15(19)20-6-21-16(12)22/h4,6,11,13-14,17H,5H2,1-3H3/t11-,13-,14-,17-/m1/s1. The number of aromatic nitrogens is 3. The van der Waals surface area contributed by atoms with Crippen LogP contribution in [-0.2, 0) is 33.3 Å². The molecule has 0 N–H and O–H groups in total. The largest absolute Gasteiger partial charge is 0.463 e. The van der Waals surface area contributed by atoms with Crippen LogP contribution in [0.4, 0.5) is 0 Å². The summed E-state index contributed by atoms with van der Waals surface area (Å²) in [7, 11) is 0. The zero-order valence-electron chi connectivity index (χ0n) is 15.6. The van der Waals surface area contributed by atoms with E-state index in [0.717, 1.165) is 0 Å². The quantitative estimate of drug-likeness (QED) is 0.386. The van der Waals surface area contributed by atoms with Crippen molar-refractivity contribution in [2.45, 2.75) is 45.3 Å². The van der Waals surface area contributed by atoms with Crippen LogP contribution in [0.5, 0.6) is 0 Å². The summed E-state index contributed by atoms with van der Waals surface area (Å²) in [5, 5.41) is 0.769. The number of ether oxygens (including phenoxy) is 4. The van der Waals surface area contributed by atoms with E-state index < -0.39 is 42.4 Å². The SMILES string of the molecule is CC(=O)OC[C@H]1O[C@@H](n2cc(Cl)c3c(Cl)ncnc32)[C@H](OC(C)=O)[C@@H]1OC(C)=O. The molecule has 0 saturated carbocycles. The molecule has 3 rings (SSSR count). The number of halogens is 2. The molecule has 1 aliphatic rings. The van der Waals surface area contributed by atoms with E-state index in [9.17, 15) is 14.4 Å². The topological polar surface area (TPSA) is 119 Å². The molecule has 4 atom stereocenters. The summed E-state index contributed by atoms with van der Waals surface area (Å²) < 4.78 is 23.2. The zero-order chi connectivity index (χ0) is 21.3. The van der Waals surface area contributed by atoms with Crippen molar-refractivity contribution in [2.75, 3.05) is 6.61 Å². The maximum atomic E-state index is 11.7. The minimum atomic E-state index is -1.06. The fraction of sp³-hybridized carbons (Fsp3) is 0.471. The van der Waals surface area contributed by atoms with E-state index in [2.05, 4.69) is 9.97 Å². The molecule has 2 aromatic rings. The molecule has 12 heteroatoms. The minimum Gasteiger partial charge on any atom is -0.463 e. The number of hydrogen-bond acceptors (Lipinski definition) is 9. The number of carbonyl (C=O) groups is 3. The van der Waals surface area contributed by atoms with Gasteiger partial charge in [0, 0.05) is 27.0 Å². The first-order chi connectivity index (χ1) is 13.7. The van der Waals surface area contributed by atoms with Crippen molar-refractivity contribution in [2.24, 2.45) is 0 Å². The molecule has 0 spiro atoms. The number of esters is 3. The first-order valence-electron chi connectivity index (χ1n) is 8.48. The average Bonchev–Trinajstić information content (AvgIpc) is 3.11. The molecule has 156 valence electrons. The molecule has 1 saturated heterocycles. The Morgan fingerprint density at radius 1 is 1.07 bits per heavy atom. The summed E-state index contributed by atoms with van der Waals surface area (Å²) in [6, 6.07) is 0. The van der Waals surface area contributed by atoms with Gasteiger partial charge in [0.2, 0.25) is 0 Å². The van der Waals surface area contributed by atoms with E-state index in [0.29, 0.717) is 11.0 Å². The number of fused-ring (bicyclic) bond motifs is 1. The highest BCUT2D eigenvalue weighted by Gasteiger charge is 2.51. The maximum absolute atomic E-state index is 11.7. The van der Waals surface area contributed by atoms with Crippen LogP contribution in [-0.4, -0.2) is 57.4 Å². The predicted molar refractivity (Wildman–Crippen MR) is 99.2 cm³/mol. The summed E-state index contributed by atoms with van der Waals surface area (Å²) in [6.45, 7) is 3.43. The minimum absolute atomic E-state index is 0.133. The third-order valence-corrected chi connectivity index (χ3v) is 4.70. The van der Waals surface area contributed by atoms with Gasteiger partial charge < -0.3 is 23.5 Å². The summed E-state index contributed by atoms with van der Waals surface area (Å²) in [6.07, 6.45) is -1.23. The van der Waals surface area contributed by atoms with E-state index in [1.165, 1.54) is 37.9 Å². The number of nitrogens with zero attached hydrogens (tertiary/aromatic N) is 3. The molecular weight excluding hydrogens is 429 g/mol. The van der Waals surface area contributed by atoms with E-state index >= 15 is 0 Å². The second-order valence-electron chi connectivity index (χ2n) is 6.26. The Morgan fingerprint density at radius 2 is 1.72 bits per heavy atom. The van der Waals surface area contributed by atoms with Crippen molar-refractivity contribution >= 4 is 52.1 Å². The van der Waals surface area contributed by atoms with Crippen molar-refractivity contribution in [3.05, 3.63) is 22.7 Å². The van der Waals surface area contributed by atoms with E-state index in [4.69, 9.17) is 42.1 Å². The Labute approximate surface area is 175 Å². The van der Waals surface area contributed by atoms with Crippen molar-refractivity contribution in [1.29, 1.82) is 0 Å². The lowest BCUT2D eigenvalue weighted by Crippen LogP contribution is -2.40. The van der Waals surface area contributed by atoms with Gasteiger partial charge in [0.15, 0.2) is 18.4 Å². The van der Waals surface area contributed by atoms with Crippen molar-refractivity contribution < 1.29 is 33.3 Å². The average molecular weight is 446 g/mol. The third kappa shape index (κ3) is 4.44. The van der Waals surface area contributed by atoms with Crippen LogP contribution in [0.15, 0.2) is 12.5 Å². The molecule has 29 heavy (non-hydrogen) atoms. The van der Waals surface area contributed by atoms with Crippen LogP contribution in [0.3, 0.4) is 0 Å². The molecule has 0 aliphatic carbocycles. The molecule has 0 amide bonds. The second kappa shape index (κ2) is 8.52. The lowest BCUT2D eigenvalue weighted by atomic mass is 10.1. The van der Waals surface area contributed by atoms with Gasteiger partial charge >= 0.3 is 17.9 Å². The smallest absolute Gasteiger partial charge is 0.303 e. The van der Waals surface area contributed by atoms with Gasteiger partial charge in [-0.2, -0.15) is 0 Å². The zero-order valence-corrected chi connectivity index (χ0v) is 17.1. The fourth-order valence-electron chi connectivity index (χ4n) is 3.12. The fourth-order valence-corrected chi connectivity index (χ4v) is 3.67. The van der Waals surface area contributed by atoms with Crippen LogP contribution >= 0.6 is 23.2 Å². The normalized spacial score (nSPS) is 23.8. The Hall–Kier alpha value is -2.43. The summed E-state index contributed by atoms with van der Waals surface area (Å²) in [5.41, 5.74) is 0.326. The monoisotopic (exact) mass is 445 g/mol. The van der Waals surface area contributed by atoms with E-state index in [1.54, 1.807) is 0 Å². The first kappa shape index (κ1) is 21.3. The van der Waals surface area contributed by atoms with Crippen molar-refractivity contribution in [3.63, 3.8) is 0 Å². The van der Waals surface area contributed by atoms with E-state index in [1.807, 2.05) is 0 Å². The highest BCUT2D eigenvalue weighted by Crippen LogP contribution is 2.39. The van der Waals surface area contributed by atoms with Gasteiger partial charge in [-0.05, 0) is 0 Å². The Balaban J connectivity index is 2.05. The van der Waals surface area contributed by atoms with Crippen molar-refractivity contribution in [1.82, 2.24) is 14.5 Å². The van der Waals surface area contributed by atoms with E-state index in [-0.39, 0.29) is 16.8 Å². The first-order valence-corrected chi connectivity index (χ1v) is 9.24. The van der Waals surface area contributed by atoms with Gasteiger partial charge in [-0.15, -0.1) is 0 Å². The van der Waals surface area contributed by atoms with Crippen LogP contribution in [0.2, 0.25) is 10.2 Å². The molecule has 0 bridgehead atoms. The molecule has 3 heterocycles. The highest BCUT2D eigenvalue weighted by molar-refractivity contribution is 6.41. The lowest BCUT2D eigenvalue weighted by Gasteiger charge is -2.24. The van der Waals surface area contributed by atoms with Crippen LogP contribution in [0.25, 0.3) is 11.0 Å². The Bertz CT molecular complexity index is 964. The molecule has 0 aromatic carbocycles. The number of carbonyl (C=O) groups excluding carboxylic acids is 3. The highest BCUT2D eigenvalue weighted by atomic mass is 35.5. The summed E-state index contributed by atoms with van der Waals surface area (Å²) in [4.78, 5) is 42.6. The van der Waals surface area contributed by atoms with Crippen LogP contribution in [0, 0.1) is 0 Å². The molecular formula is C17H17Cl2N3O7. The van der Waals surface area contributed by atoms with Gasteiger partial charge in [0.05, 0.1) is 10.4 Å². The van der Waals surface area contributed by atoms with Gasteiger partial charge in [-0.25, -0.2) is 9.97 Å². The van der Waals surface area contributed by atoms with Crippen LogP contribution < -0.4 is 0 Å². The molecule has 2 aromatic heterocycles. The molecule has 1 fully saturated rings. The predicted octanol–water partition coefficient (Wildman–Crippen LogP) is 2.06. The second-order valence-corrected chi connectivity index (χ2v) is 7.03. The third-order valence-electron chi connectivity index (χ3n) is 4.13. The maximum Gasteiger partial charge on any atom is 0.303 e. The van der Waals surface area contributed by atoms with Crippen LogP contribution in [0.1, 0.15) is 27.0 Å². The summed E-state index contributed by atoms with van der Waals surface area (Å²) >= 11 is 12.4. The van der Waals surface area contributed by atoms with Gasteiger partial charge in [0.25, 0.3) is 0 Å². The van der Waals surface area contributed by atoms with Gasteiger partial charge in [-0.3, -0.25) is 14.4 Å². The Kier molecular flexibility index (Phi) is 6.25. The lowest BCUT2D eigenvalue weighted by molar-refractivity contribution is -0.166. The molecule has 0 radical (unpaired) electrons. The molecule has 1 aliphatic heterocycles. The van der Waals surface area contributed by atoms with Gasteiger partial charge in [-0.1, -0.05) is 23.2 Å². The molecule has 0 unspecified atom stereocenters. The van der Waals surface area contributed by atoms with Crippen molar-refractivity contribution in [3.8, 4) is 0 Å². The number of hydrogen-bond donors (Lipinski definition) is 0. The Morgan fingerprint density at radius 3 is 2.34 bits per heavy atom. The summed E-state index contributed by atoms with van der Waals surface area (Å²) in [5.74, 6) is -1.79. The number of rotatable bonds is 5. The molecule has 10 nitrogen and oxygen atoms in total.